The van der Waals surface area contributed by atoms with E-state index in [2.05, 4.69) is 16.3 Å². The lowest BCUT2D eigenvalue weighted by molar-refractivity contribution is 0.0975. The van der Waals surface area contributed by atoms with Crippen molar-refractivity contribution < 1.29 is 9.53 Å². The first-order valence-electron chi connectivity index (χ1n) is 8.37. The minimum absolute atomic E-state index is 0.0907. The summed E-state index contributed by atoms with van der Waals surface area (Å²) in [5.41, 5.74) is 3.76. The van der Waals surface area contributed by atoms with Crippen LogP contribution in [0, 0.1) is 13.8 Å². The maximum Gasteiger partial charge on any atom is 0.260 e. The summed E-state index contributed by atoms with van der Waals surface area (Å²) in [6, 6.07) is 15.7. The van der Waals surface area contributed by atoms with E-state index in [1.807, 2.05) is 56.3 Å². The Hall–Kier alpha value is -2.57. The molecule has 0 radical (unpaired) electrons. The fourth-order valence-electron chi connectivity index (χ4n) is 2.64. The van der Waals surface area contributed by atoms with Gasteiger partial charge >= 0.3 is 0 Å². The van der Waals surface area contributed by atoms with Crippen molar-refractivity contribution in [2.75, 3.05) is 25.2 Å². The van der Waals surface area contributed by atoms with Gasteiger partial charge in [-0.2, -0.15) is 0 Å². The fourth-order valence-corrected chi connectivity index (χ4v) is 3.51. The average molecular weight is 367 g/mol. The van der Waals surface area contributed by atoms with E-state index in [0.29, 0.717) is 23.8 Å². The van der Waals surface area contributed by atoms with Crippen LogP contribution in [-0.4, -0.2) is 36.4 Å². The largest absolute Gasteiger partial charge is 0.383 e. The van der Waals surface area contributed by atoms with E-state index < -0.39 is 0 Å². The van der Waals surface area contributed by atoms with Gasteiger partial charge in [0, 0.05) is 18.2 Å². The molecular formula is C20H21N3O2S. The minimum Gasteiger partial charge on any atom is -0.383 e. The number of carbonyl (C=O) groups is 1. The van der Waals surface area contributed by atoms with Gasteiger partial charge in [0.05, 0.1) is 13.2 Å². The number of aromatic nitrogens is 2. The molecule has 0 atom stereocenters. The van der Waals surface area contributed by atoms with E-state index in [4.69, 9.17) is 4.74 Å². The predicted octanol–water partition coefficient (Wildman–Crippen LogP) is 4.12. The minimum atomic E-state index is -0.0907. The second-order valence-electron chi connectivity index (χ2n) is 6.02. The lowest BCUT2D eigenvalue weighted by Gasteiger charge is -2.19. The summed E-state index contributed by atoms with van der Waals surface area (Å²) in [6.45, 7) is 4.82. The third-order valence-corrected chi connectivity index (χ3v) is 5.05. The highest BCUT2D eigenvalue weighted by molar-refractivity contribution is 7.18. The maximum absolute atomic E-state index is 13.1. The van der Waals surface area contributed by atoms with Crippen LogP contribution in [0.4, 0.5) is 5.13 Å². The molecule has 0 aliphatic rings. The van der Waals surface area contributed by atoms with E-state index in [9.17, 15) is 4.79 Å². The highest BCUT2D eigenvalue weighted by Gasteiger charge is 2.23. The van der Waals surface area contributed by atoms with Gasteiger partial charge in [0.2, 0.25) is 5.13 Å². The number of amides is 1. The number of nitrogens with zero attached hydrogens (tertiary/aromatic N) is 3. The molecule has 0 fully saturated rings. The number of anilines is 1. The molecule has 1 amide bonds. The van der Waals surface area contributed by atoms with Gasteiger partial charge < -0.3 is 4.74 Å². The Bertz CT molecular complexity index is 907. The Morgan fingerprint density at radius 3 is 2.65 bits per heavy atom. The first kappa shape index (κ1) is 18.2. The molecule has 0 unspecified atom stereocenters. The van der Waals surface area contributed by atoms with Crippen molar-refractivity contribution >= 4 is 22.4 Å². The molecule has 3 aromatic rings. The van der Waals surface area contributed by atoms with Crippen LogP contribution >= 0.6 is 11.3 Å². The zero-order valence-corrected chi connectivity index (χ0v) is 15.9. The van der Waals surface area contributed by atoms with Gasteiger partial charge in [-0.1, -0.05) is 53.3 Å². The second kappa shape index (κ2) is 8.21. The summed E-state index contributed by atoms with van der Waals surface area (Å²) in [5, 5.41) is 9.93. The molecule has 26 heavy (non-hydrogen) atoms. The van der Waals surface area contributed by atoms with Crippen molar-refractivity contribution in [3.8, 4) is 10.6 Å². The topological polar surface area (TPSA) is 55.3 Å². The van der Waals surface area contributed by atoms with Crippen molar-refractivity contribution in [2.24, 2.45) is 0 Å². The molecule has 0 N–H and O–H groups in total. The van der Waals surface area contributed by atoms with Crippen LogP contribution in [0.25, 0.3) is 10.6 Å². The van der Waals surface area contributed by atoms with Crippen LogP contribution in [-0.2, 0) is 4.74 Å². The average Bonchev–Trinajstić information content (AvgIpc) is 3.12. The molecule has 1 aromatic heterocycles. The van der Waals surface area contributed by atoms with Crippen molar-refractivity contribution in [3.63, 3.8) is 0 Å². The summed E-state index contributed by atoms with van der Waals surface area (Å²) in [7, 11) is 1.62. The smallest absolute Gasteiger partial charge is 0.260 e. The second-order valence-corrected chi connectivity index (χ2v) is 6.98. The third-order valence-electron chi connectivity index (χ3n) is 4.05. The number of rotatable bonds is 6. The molecule has 0 aliphatic heterocycles. The van der Waals surface area contributed by atoms with Crippen molar-refractivity contribution in [1.82, 2.24) is 10.2 Å². The quantitative estimate of drug-likeness (QED) is 0.658. The molecule has 2 aromatic carbocycles. The van der Waals surface area contributed by atoms with Crippen LogP contribution in [0.1, 0.15) is 21.5 Å². The number of aryl methyl sites for hydroxylation is 2. The zero-order chi connectivity index (χ0) is 18.5. The number of ether oxygens (including phenoxy) is 1. The summed E-state index contributed by atoms with van der Waals surface area (Å²) >= 11 is 1.41. The number of carbonyl (C=O) groups excluding carboxylic acids is 1. The molecule has 1 heterocycles. The van der Waals surface area contributed by atoms with Crippen molar-refractivity contribution in [3.05, 3.63) is 65.2 Å². The van der Waals surface area contributed by atoms with Crippen LogP contribution in [0.5, 0.6) is 0 Å². The number of hydrogen-bond acceptors (Lipinski definition) is 5. The van der Waals surface area contributed by atoms with E-state index in [1.54, 1.807) is 12.0 Å². The Morgan fingerprint density at radius 2 is 1.92 bits per heavy atom. The molecule has 0 aliphatic carbocycles. The number of benzene rings is 2. The van der Waals surface area contributed by atoms with Gasteiger partial charge in [0.25, 0.3) is 5.91 Å². The lowest BCUT2D eigenvalue weighted by Crippen LogP contribution is -2.34. The summed E-state index contributed by atoms with van der Waals surface area (Å²) in [6.07, 6.45) is 0. The first-order valence-corrected chi connectivity index (χ1v) is 9.19. The van der Waals surface area contributed by atoms with Gasteiger partial charge in [0.15, 0.2) is 0 Å². The van der Waals surface area contributed by atoms with Gasteiger partial charge in [-0.25, -0.2) is 0 Å². The van der Waals surface area contributed by atoms with E-state index >= 15 is 0 Å². The maximum atomic E-state index is 13.1. The number of hydrogen-bond donors (Lipinski definition) is 0. The van der Waals surface area contributed by atoms with E-state index in [1.165, 1.54) is 11.3 Å². The Kier molecular flexibility index (Phi) is 5.75. The molecule has 0 bridgehead atoms. The molecule has 134 valence electrons. The van der Waals surface area contributed by atoms with Gasteiger partial charge in [0.1, 0.15) is 5.01 Å². The SMILES string of the molecule is COCCN(C(=O)c1ccccc1C)c1nnc(-c2cccc(C)c2)s1. The Morgan fingerprint density at radius 1 is 1.12 bits per heavy atom. The van der Waals surface area contributed by atoms with Crippen LogP contribution in [0.15, 0.2) is 48.5 Å². The van der Waals surface area contributed by atoms with Crippen molar-refractivity contribution in [2.45, 2.75) is 13.8 Å². The van der Waals surface area contributed by atoms with Crippen LogP contribution < -0.4 is 4.90 Å². The zero-order valence-electron chi connectivity index (χ0n) is 15.1. The molecule has 0 saturated heterocycles. The highest BCUT2D eigenvalue weighted by atomic mass is 32.1. The predicted molar refractivity (Wildman–Crippen MR) is 105 cm³/mol. The Labute approximate surface area is 157 Å². The van der Waals surface area contributed by atoms with Crippen molar-refractivity contribution in [1.29, 1.82) is 0 Å². The molecule has 3 rings (SSSR count). The summed E-state index contributed by atoms with van der Waals surface area (Å²) in [4.78, 5) is 14.7. The molecule has 5 nitrogen and oxygen atoms in total. The summed E-state index contributed by atoms with van der Waals surface area (Å²) in [5.74, 6) is -0.0907. The fraction of sp³-hybridized carbons (Fsp3) is 0.250. The molecule has 6 heteroatoms. The van der Waals surface area contributed by atoms with Gasteiger partial charge in [-0.05, 0) is 31.5 Å². The van der Waals surface area contributed by atoms with Crippen LogP contribution in [0.3, 0.4) is 0 Å². The van der Waals surface area contributed by atoms with E-state index in [0.717, 1.165) is 21.7 Å². The third kappa shape index (κ3) is 3.98. The molecule has 0 saturated carbocycles. The monoisotopic (exact) mass is 367 g/mol. The van der Waals surface area contributed by atoms with Gasteiger partial charge in [-0.15, -0.1) is 10.2 Å². The number of methoxy groups -OCH3 is 1. The standard InChI is InChI=1S/C20H21N3O2S/c1-14-7-6-9-16(13-14)18-21-22-20(26-18)23(11-12-25-3)19(24)17-10-5-4-8-15(17)2/h4-10,13H,11-12H2,1-3H3. The molecule has 0 spiro atoms. The van der Waals surface area contributed by atoms with Gasteiger partial charge in [-0.3, -0.25) is 9.69 Å². The Balaban J connectivity index is 1.93. The van der Waals surface area contributed by atoms with E-state index in [-0.39, 0.29) is 5.91 Å². The normalized spacial score (nSPS) is 10.7. The highest BCUT2D eigenvalue weighted by Crippen LogP contribution is 2.30. The molecular weight excluding hydrogens is 346 g/mol. The summed E-state index contributed by atoms with van der Waals surface area (Å²) < 4.78 is 5.18. The first-order chi connectivity index (χ1) is 12.6. The van der Waals surface area contributed by atoms with Crippen LogP contribution in [0.2, 0.25) is 0 Å². The lowest BCUT2D eigenvalue weighted by atomic mass is 10.1.